The molecule has 2 fully saturated rings. The maximum atomic E-state index is 12.8. The molecule has 2 saturated heterocycles. The normalized spacial score (nSPS) is 18.0. The molecular weight excluding hydrogens is 400 g/mol. The van der Waals surface area contributed by atoms with Crippen LogP contribution in [0.5, 0.6) is 5.75 Å². The Labute approximate surface area is 181 Å². The average Bonchev–Trinajstić information content (AvgIpc) is 3.32. The van der Waals surface area contributed by atoms with Gasteiger partial charge in [0.05, 0.1) is 19.2 Å². The van der Waals surface area contributed by atoms with Gasteiger partial charge in [-0.3, -0.25) is 19.4 Å². The Morgan fingerprint density at radius 3 is 2.67 bits per heavy atom. The topological polar surface area (TPSA) is 66.0 Å². The Bertz CT molecular complexity index is 883. The first kappa shape index (κ1) is 20.8. The van der Waals surface area contributed by atoms with Crippen molar-refractivity contribution >= 4 is 28.3 Å². The fourth-order valence-electron chi connectivity index (χ4n) is 3.99. The third kappa shape index (κ3) is 4.99. The maximum absolute atomic E-state index is 12.8. The number of rotatable bonds is 6. The van der Waals surface area contributed by atoms with E-state index in [1.165, 1.54) is 16.9 Å². The molecule has 0 atom stereocenters. The van der Waals surface area contributed by atoms with Crippen LogP contribution in [-0.4, -0.2) is 66.4 Å². The van der Waals surface area contributed by atoms with E-state index in [9.17, 15) is 9.59 Å². The van der Waals surface area contributed by atoms with Crippen LogP contribution in [0, 0.1) is 0 Å². The van der Waals surface area contributed by atoms with Gasteiger partial charge in [0.1, 0.15) is 5.75 Å². The molecule has 1 aromatic heterocycles. The zero-order valence-electron chi connectivity index (χ0n) is 17.4. The number of anilines is 1. The van der Waals surface area contributed by atoms with Crippen LogP contribution in [0.4, 0.5) is 5.13 Å². The van der Waals surface area contributed by atoms with Gasteiger partial charge in [-0.05, 0) is 30.5 Å². The summed E-state index contributed by atoms with van der Waals surface area (Å²) in [6.07, 6.45) is 2.74. The van der Waals surface area contributed by atoms with Crippen LogP contribution >= 0.6 is 11.3 Å². The van der Waals surface area contributed by atoms with Crippen molar-refractivity contribution in [2.24, 2.45) is 0 Å². The number of nitrogens with zero attached hydrogens (tertiary/aromatic N) is 4. The number of thiazole rings is 1. The smallest absolute Gasteiger partial charge is 0.228 e. The number of methoxy groups -OCH3 is 1. The zero-order valence-corrected chi connectivity index (χ0v) is 18.2. The van der Waals surface area contributed by atoms with Crippen LogP contribution in [0.2, 0.25) is 0 Å². The van der Waals surface area contributed by atoms with E-state index in [4.69, 9.17) is 4.74 Å². The lowest BCUT2D eigenvalue weighted by Gasteiger charge is -2.22. The number of carbonyl (C=O) groups excluding carboxylic acids is 2. The van der Waals surface area contributed by atoms with E-state index in [1.807, 2.05) is 22.4 Å². The fraction of sp³-hybridized carbons (Fsp3) is 0.500. The molecule has 0 saturated carbocycles. The lowest BCUT2D eigenvalue weighted by atomic mass is 10.2. The molecule has 8 heteroatoms. The van der Waals surface area contributed by atoms with Crippen molar-refractivity contribution < 1.29 is 14.3 Å². The van der Waals surface area contributed by atoms with Crippen molar-refractivity contribution in [3.63, 3.8) is 0 Å². The standard InChI is InChI=1S/C22H28N4O3S/c1-29-19-7-5-17(6-8-19)15-24-9-3-10-25(13-12-24)21(28)14-18-16-30-22(23-18)26-11-2-4-20(26)27/h5-8,16H,2-4,9-15H2,1H3. The summed E-state index contributed by atoms with van der Waals surface area (Å²) >= 11 is 1.45. The first-order valence-electron chi connectivity index (χ1n) is 10.5. The van der Waals surface area contributed by atoms with Gasteiger partial charge in [0.15, 0.2) is 5.13 Å². The molecule has 0 aliphatic carbocycles. The van der Waals surface area contributed by atoms with E-state index in [2.05, 4.69) is 22.0 Å². The van der Waals surface area contributed by atoms with Crippen LogP contribution in [0.3, 0.4) is 0 Å². The van der Waals surface area contributed by atoms with Crippen LogP contribution < -0.4 is 9.64 Å². The van der Waals surface area contributed by atoms with Gasteiger partial charge in [0.25, 0.3) is 0 Å². The summed E-state index contributed by atoms with van der Waals surface area (Å²) in [5.74, 6) is 1.11. The molecule has 2 aliphatic heterocycles. The molecule has 2 aliphatic rings. The van der Waals surface area contributed by atoms with Gasteiger partial charge in [-0.25, -0.2) is 4.98 Å². The van der Waals surface area contributed by atoms with E-state index in [-0.39, 0.29) is 11.8 Å². The summed E-state index contributed by atoms with van der Waals surface area (Å²) in [5.41, 5.74) is 2.01. The lowest BCUT2D eigenvalue weighted by Crippen LogP contribution is -2.36. The first-order chi connectivity index (χ1) is 14.6. The molecule has 1 aromatic carbocycles. The van der Waals surface area contributed by atoms with Crippen molar-refractivity contribution in [1.82, 2.24) is 14.8 Å². The molecular formula is C22H28N4O3S. The SMILES string of the molecule is COc1ccc(CN2CCCN(C(=O)Cc3csc(N4CCCC4=O)n3)CC2)cc1. The van der Waals surface area contributed by atoms with Crippen LogP contribution in [0.1, 0.15) is 30.5 Å². The van der Waals surface area contributed by atoms with E-state index >= 15 is 0 Å². The molecule has 2 aromatic rings. The highest BCUT2D eigenvalue weighted by atomic mass is 32.1. The predicted octanol–water partition coefficient (Wildman–Crippen LogP) is 2.56. The van der Waals surface area contributed by atoms with Gasteiger partial charge in [-0.15, -0.1) is 11.3 Å². The molecule has 2 amide bonds. The molecule has 30 heavy (non-hydrogen) atoms. The van der Waals surface area contributed by atoms with Gasteiger partial charge >= 0.3 is 0 Å². The molecule has 0 spiro atoms. The number of amides is 2. The van der Waals surface area contributed by atoms with Crippen LogP contribution in [-0.2, 0) is 22.6 Å². The summed E-state index contributed by atoms with van der Waals surface area (Å²) in [5, 5.41) is 2.63. The number of aromatic nitrogens is 1. The molecule has 7 nitrogen and oxygen atoms in total. The van der Waals surface area contributed by atoms with Crippen LogP contribution in [0.25, 0.3) is 0 Å². The van der Waals surface area contributed by atoms with Gasteiger partial charge in [-0.1, -0.05) is 12.1 Å². The van der Waals surface area contributed by atoms with Gasteiger partial charge in [-0.2, -0.15) is 0 Å². The molecule has 160 valence electrons. The van der Waals surface area contributed by atoms with Gasteiger partial charge < -0.3 is 9.64 Å². The number of carbonyl (C=O) groups is 2. The second kappa shape index (κ2) is 9.57. The van der Waals surface area contributed by atoms with E-state index in [0.29, 0.717) is 12.8 Å². The average molecular weight is 429 g/mol. The van der Waals surface area contributed by atoms with Crippen molar-refractivity contribution in [3.05, 3.63) is 40.9 Å². The minimum Gasteiger partial charge on any atom is -0.497 e. The quantitative estimate of drug-likeness (QED) is 0.708. The number of hydrogen-bond donors (Lipinski definition) is 0. The summed E-state index contributed by atoms with van der Waals surface area (Å²) in [6.45, 7) is 4.97. The Hall–Kier alpha value is -2.45. The summed E-state index contributed by atoms with van der Waals surface area (Å²) in [7, 11) is 1.67. The van der Waals surface area contributed by atoms with Crippen LogP contribution in [0.15, 0.2) is 29.6 Å². The molecule has 0 radical (unpaired) electrons. The second-order valence-corrected chi connectivity index (χ2v) is 8.64. The number of hydrogen-bond acceptors (Lipinski definition) is 6. The number of benzene rings is 1. The Morgan fingerprint density at radius 2 is 1.93 bits per heavy atom. The van der Waals surface area contributed by atoms with E-state index < -0.39 is 0 Å². The minimum absolute atomic E-state index is 0.117. The number of ether oxygens (including phenoxy) is 1. The molecule has 3 heterocycles. The summed E-state index contributed by atoms with van der Waals surface area (Å²) in [6, 6.07) is 8.16. The van der Waals surface area contributed by atoms with Crippen molar-refractivity contribution in [2.75, 3.05) is 44.7 Å². The third-order valence-electron chi connectivity index (χ3n) is 5.68. The monoisotopic (exact) mass is 428 g/mol. The largest absolute Gasteiger partial charge is 0.497 e. The van der Waals surface area contributed by atoms with Crippen molar-refractivity contribution in [3.8, 4) is 5.75 Å². The van der Waals surface area contributed by atoms with Gasteiger partial charge in [0.2, 0.25) is 11.8 Å². The molecule has 0 unspecified atom stereocenters. The summed E-state index contributed by atoms with van der Waals surface area (Å²) in [4.78, 5) is 35.3. The van der Waals surface area contributed by atoms with Crippen molar-refractivity contribution in [2.45, 2.75) is 32.2 Å². The lowest BCUT2D eigenvalue weighted by molar-refractivity contribution is -0.130. The zero-order chi connectivity index (χ0) is 20.9. The van der Waals surface area contributed by atoms with E-state index in [0.717, 1.165) is 68.7 Å². The summed E-state index contributed by atoms with van der Waals surface area (Å²) < 4.78 is 5.22. The predicted molar refractivity (Wildman–Crippen MR) is 117 cm³/mol. The first-order valence-corrected chi connectivity index (χ1v) is 11.4. The fourth-order valence-corrected chi connectivity index (χ4v) is 4.85. The molecule has 0 N–H and O–H groups in total. The molecule has 0 bridgehead atoms. The highest BCUT2D eigenvalue weighted by molar-refractivity contribution is 7.14. The van der Waals surface area contributed by atoms with Gasteiger partial charge in [0, 0.05) is 51.1 Å². The Morgan fingerprint density at radius 1 is 1.10 bits per heavy atom. The second-order valence-electron chi connectivity index (χ2n) is 7.81. The van der Waals surface area contributed by atoms with E-state index in [1.54, 1.807) is 12.0 Å². The highest BCUT2D eigenvalue weighted by Crippen LogP contribution is 2.25. The minimum atomic E-state index is 0.117. The van der Waals surface area contributed by atoms with Crippen molar-refractivity contribution in [1.29, 1.82) is 0 Å². The maximum Gasteiger partial charge on any atom is 0.228 e. The Balaban J connectivity index is 1.29. The molecule has 4 rings (SSSR count). The third-order valence-corrected chi connectivity index (χ3v) is 6.60. The Kier molecular flexibility index (Phi) is 6.64. The highest BCUT2D eigenvalue weighted by Gasteiger charge is 2.25.